The molecule has 0 radical (unpaired) electrons. The van der Waals surface area contributed by atoms with Crippen molar-refractivity contribution in [1.29, 1.82) is 0 Å². The molecule has 0 heterocycles. The Morgan fingerprint density at radius 1 is 1.42 bits per heavy atom. The minimum Gasteiger partial charge on any atom is -0.497 e. The van der Waals surface area contributed by atoms with Crippen molar-refractivity contribution in [3.05, 3.63) is 24.3 Å². The van der Waals surface area contributed by atoms with Crippen molar-refractivity contribution in [1.82, 2.24) is 0 Å². The Kier molecular flexibility index (Phi) is 4.10. The normalized spacial score (nSPS) is 26.8. The van der Waals surface area contributed by atoms with Crippen LogP contribution in [0.2, 0.25) is 0 Å². The van der Waals surface area contributed by atoms with E-state index >= 15 is 0 Å². The van der Waals surface area contributed by atoms with Crippen molar-refractivity contribution in [2.75, 3.05) is 12.4 Å². The summed E-state index contributed by atoms with van der Waals surface area (Å²) in [6.45, 7) is 2.15. The highest BCUT2D eigenvalue weighted by atomic mass is 16.5. The van der Waals surface area contributed by atoms with Gasteiger partial charge in [-0.3, -0.25) is 4.79 Å². The van der Waals surface area contributed by atoms with Gasteiger partial charge in [-0.25, -0.2) is 0 Å². The Hall–Kier alpha value is -1.55. The summed E-state index contributed by atoms with van der Waals surface area (Å²) >= 11 is 0. The van der Waals surface area contributed by atoms with Gasteiger partial charge in [0.2, 0.25) is 5.91 Å². The van der Waals surface area contributed by atoms with Gasteiger partial charge in [0.05, 0.1) is 12.6 Å². The van der Waals surface area contributed by atoms with Crippen LogP contribution in [0.15, 0.2) is 24.3 Å². The van der Waals surface area contributed by atoms with Crippen molar-refractivity contribution in [3.8, 4) is 5.75 Å². The average Bonchev–Trinajstić information content (AvgIpc) is 2.39. The second kappa shape index (κ2) is 5.61. The molecule has 1 aliphatic rings. The number of anilines is 1. The molecule has 1 saturated carbocycles. The molecular weight excluding hydrogens is 240 g/mol. The van der Waals surface area contributed by atoms with Crippen LogP contribution in [0.3, 0.4) is 0 Å². The van der Waals surface area contributed by atoms with E-state index in [-0.39, 0.29) is 5.91 Å². The highest BCUT2D eigenvalue weighted by molar-refractivity contribution is 5.98. The van der Waals surface area contributed by atoms with Gasteiger partial charge in [-0.15, -0.1) is 0 Å². The smallest absolute Gasteiger partial charge is 0.244 e. The van der Waals surface area contributed by atoms with E-state index in [1.807, 2.05) is 24.3 Å². The fourth-order valence-corrected chi connectivity index (χ4v) is 2.73. The van der Waals surface area contributed by atoms with Crippen molar-refractivity contribution in [2.45, 2.75) is 38.1 Å². The van der Waals surface area contributed by atoms with E-state index in [0.717, 1.165) is 37.1 Å². The van der Waals surface area contributed by atoms with E-state index in [1.165, 1.54) is 0 Å². The van der Waals surface area contributed by atoms with E-state index in [9.17, 15) is 4.79 Å². The quantitative estimate of drug-likeness (QED) is 0.879. The van der Waals surface area contributed by atoms with E-state index in [4.69, 9.17) is 10.5 Å². The first-order valence-electron chi connectivity index (χ1n) is 6.78. The van der Waals surface area contributed by atoms with Crippen molar-refractivity contribution in [3.63, 3.8) is 0 Å². The summed E-state index contributed by atoms with van der Waals surface area (Å²) in [6, 6.07) is 7.29. The summed E-state index contributed by atoms with van der Waals surface area (Å²) in [4.78, 5) is 12.3. The summed E-state index contributed by atoms with van der Waals surface area (Å²) in [7, 11) is 1.62. The molecule has 0 aromatic heterocycles. The molecule has 3 N–H and O–H groups in total. The second-order valence-electron chi connectivity index (χ2n) is 5.54. The third kappa shape index (κ3) is 3.26. The molecule has 1 aromatic rings. The Morgan fingerprint density at radius 2 is 2.11 bits per heavy atom. The van der Waals surface area contributed by atoms with Crippen LogP contribution in [0.4, 0.5) is 5.69 Å². The maximum absolute atomic E-state index is 12.3. The van der Waals surface area contributed by atoms with Crippen molar-refractivity contribution < 1.29 is 9.53 Å². The van der Waals surface area contributed by atoms with Crippen LogP contribution in [-0.2, 0) is 4.79 Å². The minimum atomic E-state index is -0.725. The molecule has 104 valence electrons. The first-order valence-corrected chi connectivity index (χ1v) is 6.78. The molecule has 4 heteroatoms. The molecule has 2 atom stereocenters. The van der Waals surface area contributed by atoms with Crippen LogP contribution in [-0.4, -0.2) is 18.6 Å². The van der Waals surface area contributed by atoms with E-state index < -0.39 is 5.54 Å². The lowest BCUT2D eigenvalue weighted by Crippen LogP contribution is -2.53. The number of rotatable bonds is 3. The lowest BCUT2D eigenvalue weighted by Gasteiger charge is -2.35. The average molecular weight is 262 g/mol. The zero-order valence-electron chi connectivity index (χ0n) is 11.6. The molecule has 0 spiro atoms. The lowest BCUT2D eigenvalue weighted by molar-refractivity contribution is -0.122. The van der Waals surface area contributed by atoms with Gasteiger partial charge < -0.3 is 15.8 Å². The zero-order valence-corrected chi connectivity index (χ0v) is 11.6. The van der Waals surface area contributed by atoms with Crippen LogP contribution in [0.5, 0.6) is 5.75 Å². The van der Waals surface area contributed by atoms with Gasteiger partial charge in [0, 0.05) is 5.69 Å². The summed E-state index contributed by atoms with van der Waals surface area (Å²) in [5, 5.41) is 2.90. The minimum absolute atomic E-state index is 0.0794. The molecular formula is C15H22N2O2. The van der Waals surface area contributed by atoms with Gasteiger partial charge in [0.1, 0.15) is 5.75 Å². The van der Waals surface area contributed by atoms with Crippen molar-refractivity contribution >= 4 is 11.6 Å². The molecule has 0 saturated heterocycles. The molecule has 0 bridgehead atoms. The van der Waals surface area contributed by atoms with Crippen LogP contribution < -0.4 is 15.8 Å². The molecule has 19 heavy (non-hydrogen) atoms. The van der Waals surface area contributed by atoms with Crippen molar-refractivity contribution in [2.24, 2.45) is 11.7 Å². The maximum Gasteiger partial charge on any atom is 0.244 e. The molecule has 0 aliphatic heterocycles. The maximum atomic E-state index is 12.3. The standard InChI is InChI=1S/C15H22N2O2/c1-11-4-3-9-15(16,10-11)14(18)17-12-5-7-13(19-2)8-6-12/h5-8,11H,3-4,9-10,16H2,1-2H3,(H,17,18). The third-order valence-electron chi connectivity index (χ3n) is 3.83. The Bertz CT molecular complexity index is 444. The number of benzene rings is 1. The number of carbonyl (C=O) groups excluding carboxylic acids is 1. The number of carbonyl (C=O) groups is 1. The zero-order chi connectivity index (χ0) is 13.9. The SMILES string of the molecule is COc1ccc(NC(=O)C2(N)CCCC(C)C2)cc1. The van der Waals surface area contributed by atoms with Crippen LogP contribution in [0.1, 0.15) is 32.6 Å². The van der Waals surface area contributed by atoms with Crippen LogP contribution >= 0.6 is 0 Å². The second-order valence-corrected chi connectivity index (χ2v) is 5.54. The summed E-state index contributed by atoms with van der Waals surface area (Å²) in [6.07, 6.45) is 3.71. The lowest BCUT2D eigenvalue weighted by atomic mass is 9.76. The fraction of sp³-hybridized carbons (Fsp3) is 0.533. The first-order chi connectivity index (χ1) is 9.03. The largest absolute Gasteiger partial charge is 0.497 e. The van der Waals surface area contributed by atoms with Gasteiger partial charge in [0.25, 0.3) is 0 Å². The number of amides is 1. The summed E-state index contributed by atoms with van der Waals surface area (Å²) < 4.78 is 5.09. The molecule has 1 amide bonds. The predicted octanol–water partition coefficient (Wildman–Crippen LogP) is 2.54. The van der Waals surface area contributed by atoms with Crippen LogP contribution in [0.25, 0.3) is 0 Å². The number of methoxy groups -OCH3 is 1. The molecule has 1 aromatic carbocycles. The number of nitrogens with one attached hydrogen (secondary N) is 1. The number of ether oxygens (including phenoxy) is 1. The highest BCUT2D eigenvalue weighted by Gasteiger charge is 2.37. The Morgan fingerprint density at radius 3 is 2.68 bits per heavy atom. The van der Waals surface area contributed by atoms with Gasteiger partial charge in [-0.05, 0) is 43.0 Å². The Labute approximate surface area is 114 Å². The van der Waals surface area contributed by atoms with Crippen LogP contribution in [0, 0.1) is 5.92 Å². The molecule has 1 fully saturated rings. The molecule has 2 rings (SSSR count). The topological polar surface area (TPSA) is 64.3 Å². The van der Waals surface area contributed by atoms with E-state index in [1.54, 1.807) is 7.11 Å². The Balaban J connectivity index is 2.03. The summed E-state index contributed by atoms with van der Waals surface area (Å²) in [5.74, 6) is 1.20. The van der Waals surface area contributed by atoms with Gasteiger partial charge >= 0.3 is 0 Å². The third-order valence-corrected chi connectivity index (χ3v) is 3.83. The molecule has 4 nitrogen and oxygen atoms in total. The number of hydrogen-bond donors (Lipinski definition) is 2. The molecule has 2 unspecified atom stereocenters. The predicted molar refractivity (Wildman–Crippen MR) is 76.2 cm³/mol. The first kappa shape index (κ1) is 13.9. The number of hydrogen-bond acceptors (Lipinski definition) is 3. The van der Waals surface area contributed by atoms with Gasteiger partial charge in [0.15, 0.2) is 0 Å². The van der Waals surface area contributed by atoms with Gasteiger partial charge in [-0.1, -0.05) is 19.8 Å². The highest BCUT2D eigenvalue weighted by Crippen LogP contribution is 2.31. The molecule has 1 aliphatic carbocycles. The van der Waals surface area contributed by atoms with E-state index in [0.29, 0.717) is 5.92 Å². The summed E-state index contributed by atoms with van der Waals surface area (Å²) in [5.41, 5.74) is 6.29. The monoisotopic (exact) mass is 262 g/mol. The van der Waals surface area contributed by atoms with E-state index in [2.05, 4.69) is 12.2 Å². The number of nitrogens with two attached hydrogens (primary N) is 1. The van der Waals surface area contributed by atoms with Gasteiger partial charge in [-0.2, -0.15) is 0 Å². The fourth-order valence-electron chi connectivity index (χ4n) is 2.73.